The fourth-order valence-electron chi connectivity index (χ4n) is 1.62. The van der Waals surface area contributed by atoms with Crippen LogP contribution in [0.2, 0.25) is 0 Å². The van der Waals surface area contributed by atoms with Crippen molar-refractivity contribution in [1.29, 1.82) is 0 Å². The Hall–Kier alpha value is -1.42. The molecular weight excluding hydrogens is 230 g/mol. The van der Waals surface area contributed by atoms with Crippen LogP contribution in [0.3, 0.4) is 0 Å². The fourth-order valence-corrected chi connectivity index (χ4v) is 1.62. The van der Waals surface area contributed by atoms with Crippen molar-refractivity contribution < 1.29 is 14.2 Å². The second kappa shape index (κ2) is 7.82. The third kappa shape index (κ3) is 5.27. The van der Waals surface area contributed by atoms with Crippen LogP contribution < -0.4 is 19.9 Å². The number of methoxy groups -OCH3 is 2. The number of benzene rings is 1. The van der Waals surface area contributed by atoms with Crippen molar-refractivity contribution in [3.05, 3.63) is 18.2 Å². The fraction of sp³-hybridized carbons (Fsp3) is 0.571. The second-order valence-corrected chi connectivity index (χ2v) is 4.37. The van der Waals surface area contributed by atoms with Crippen molar-refractivity contribution in [2.45, 2.75) is 32.2 Å². The summed E-state index contributed by atoms with van der Waals surface area (Å²) in [7, 11) is 3.25. The van der Waals surface area contributed by atoms with Gasteiger partial charge in [-0.15, -0.1) is 0 Å². The molecule has 2 N–H and O–H groups in total. The molecule has 0 amide bonds. The Labute approximate surface area is 109 Å². The van der Waals surface area contributed by atoms with Crippen LogP contribution >= 0.6 is 0 Å². The van der Waals surface area contributed by atoms with E-state index in [1.54, 1.807) is 14.2 Å². The molecule has 4 nitrogen and oxygen atoms in total. The molecule has 0 aliphatic rings. The van der Waals surface area contributed by atoms with Crippen molar-refractivity contribution in [1.82, 2.24) is 0 Å². The van der Waals surface area contributed by atoms with Gasteiger partial charge < -0.3 is 19.9 Å². The molecule has 0 fully saturated rings. The second-order valence-electron chi connectivity index (χ2n) is 4.37. The summed E-state index contributed by atoms with van der Waals surface area (Å²) in [6, 6.07) is 5.80. The zero-order valence-corrected chi connectivity index (χ0v) is 11.4. The number of ether oxygens (including phenoxy) is 3. The molecule has 1 aromatic rings. The molecular formula is C14H23NO3. The maximum atomic E-state index is 5.69. The zero-order valence-electron chi connectivity index (χ0n) is 11.4. The van der Waals surface area contributed by atoms with Crippen LogP contribution in [0.5, 0.6) is 17.2 Å². The average Bonchev–Trinajstić information content (AvgIpc) is 2.37. The highest BCUT2D eigenvalue weighted by Gasteiger charge is 2.03. The van der Waals surface area contributed by atoms with Crippen LogP contribution in [0.15, 0.2) is 18.2 Å². The van der Waals surface area contributed by atoms with E-state index < -0.39 is 0 Å². The van der Waals surface area contributed by atoms with Crippen LogP contribution in [0.1, 0.15) is 26.2 Å². The van der Waals surface area contributed by atoms with Crippen LogP contribution in [0.25, 0.3) is 0 Å². The van der Waals surface area contributed by atoms with Gasteiger partial charge in [-0.1, -0.05) is 0 Å². The monoisotopic (exact) mass is 253 g/mol. The summed E-state index contributed by atoms with van der Waals surface area (Å²) >= 11 is 0. The summed E-state index contributed by atoms with van der Waals surface area (Å²) in [6.45, 7) is 2.71. The lowest BCUT2D eigenvalue weighted by Gasteiger charge is -2.10. The van der Waals surface area contributed by atoms with Crippen molar-refractivity contribution >= 4 is 0 Å². The molecule has 1 unspecified atom stereocenters. The molecule has 1 aromatic carbocycles. The van der Waals surface area contributed by atoms with Gasteiger partial charge in [0.2, 0.25) is 0 Å². The van der Waals surface area contributed by atoms with Gasteiger partial charge in [-0.25, -0.2) is 0 Å². The molecule has 1 atom stereocenters. The van der Waals surface area contributed by atoms with Crippen LogP contribution in [-0.4, -0.2) is 26.9 Å². The van der Waals surface area contributed by atoms with Gasteiger partial charge in [0.15, 0.2) is 0 Å². The third-order valence-corrected chi connectivity index (χ3v) is 2.65. The molecule has 0 aliphatic carbocycles. The van der Waals surface area contributed by atoms with E-state index in [4.69, 9.17) is 19.9 Å². The van der Waals surface area contributed by atoms with Gasteiger partial charge >= 0.3 is 0 Å². The number of rotatable bonds is 8. The standard InChI is InChI=1S/C14H23NO3/c1-11(15)6-4-5-7-18-14-9-12(16-2)8-13(10-14)17-3/h8-11H,4-7,15H2,1-3H3. The van der Waals surface area contributed by atoms with Gasteiger partial charge in [0.25, 0.3) is 0 Å². The van der Waals surface area contributed by atoms with Gasteiger partial charge in [-0.3, -0.25) is 0 Å². The van der Waals surface area contributed by atoms with E-state index in [-0.39, 0.29) is 6.04 Å². The lowest BCUT2D eigenvalue weighted by Crippen LogP contribution is -2.14. The quantitative estimate of drug-likeness (QED) is 0.723. The smallest absolute Gasteiger partial charge is 0.126 e. The summed E-state index contributed by atoms with van der Waals surface area (Å²) in [5, 5.41) is 0. The largest absolute Gasteiger partial charge is 0.496 e. The molecule has 4 heteroatoms. The molecule has 0 aromatic heterocycles. The Balaban J connectivity index is 2.41. The number of unbranched alkanes of at least 4 members (excludes halogenated alkanes) is 1. The van der Waals surface area contributed by atoms with E-state index in [0.29, 0.717) is 6.61 Å². The normalized spacial score (nSPS) is 12.0. The Morgan fingerprint density at radius 1 is 1.00 bits per heavy atom. The number of hydrogen-bond acceptors (Lipinski definition) is 4. The molecule has 0 aliphatic heterocycles. The lowest BCUT2D eigenvalue weighted by atomic mass is 10.1. The Morgan fingerprint density at radius 2 is 1.56 bits per heavy atom. The zero-order chi connectivity index (χ0) is 13.4. The molecule has 18 heavy (non-hydrogen) atoms. The Bertz CT molecular complexity index is 331. The first kappa shape index (κ1) is 14.6. The van der Waals surface area contributed by atoms with Crippen LogP contribution in [-0.2, 0) is 0 Å². The van der Waals surface area contributed by atoms with Crippen LogP contribution in [0.4, 0.5) is 0 Å². The maximum absolute atomic E-state index is 5.69. The highest BCUT2D eigenvalue weighted by molar-refractivity contribution is 5.41. The molecule has 0 spiro atoms. The maximum Gasteiger partial charge on any atom is 0.126 e. The summed E-state index contributed by atoms with van der Waals surface area (Å²) < 4.78 is 16.0. The molecule has 0 radical (unpaired) electrons. The van der Waals surface area contributed by atoms with Crippen molar-refractivity contribution in [2.24, 2.45) is 5.73 Å². The first-order chi connectivity index (χ1) is 8.65. The van der Waals surface area contributed by atoms with E-state index in [9.17, 15) is 0 Å². The average molecular weight is 253 g/mol. The van der Waals surface area contributed by atoms with E-state index >= 15 is 0 Å². The lowest BCUT2D eigenvalue weighted by molar-refractivity contribution is 0.298. The minimum absolute atomic E-state index is 0.266. The molecule has 0 saturated carbocycles. The van der Waals surface area contributed by atoms with Gasteiger partial charge in [-0.05, 0) is 26.2 Å². The first-order valence-electron chi connectivity index (χ1n) is 6.27. The number of nitrogens with two attached hydrogens (primary N) is 1. The summed E-state index contributed by atoms with van der Waals surface area (Å²) in [5.41, 5.74) is 5.69. The topological polar surface area (TPSA) is 53.7 Å². The van der Waals surface area contributed by atoms with Gasteiger partial charge in [0.1, 0.15) is 17.2 Å². The first-order valence-corrected chi connectivity index (χ1v) is 6.27. The van der Waals surface area contributed by atoms with E-state index in [1.807, 2.05) is 25.1 Å². The van der Waals surface area contributed by atoms with E-state index in [2.05, 4.69) is 0 Å². The summed E-state index contributed by atoms with van der Waals surface area (Å²) in [5.74, 6) is 2.24. The van der Waals surface area contributed by atoms with Crippen molar-refractivity contribution in [3.63, 3.8) is 0 Å². The molecule has 1 rings (SSSR count). The van der Waals surface area contributed by atoms with Gasteiger partial charge in [-0.2, -0.15) is 0 Å². The third-order valence-electron chi connectivity index (χ3n) is 2.65. The minimum Gasteiger partial charge on any atom is -0.496 e. The van der Waals surface area contributed by atoms with E-state index in [0.717, 1.165) is 36.5 Å². The van der Waals surface area contributed by atoms with Gasteiger partial charge in [0.05, 0.1) is 20.8 Å². The molecule has 0 saturated heterocycles. The minimum atomic E-state index is 0.266. The van der Waals surface area contributed by atoms with Gasteiger partial charge in [0, 0.05) is 24.2 Å². The SMILES string of the molecule is COc1cc(OC)cc(OCCCCC(C)N)c1. The highest BCUT2D eigenvalue weighted by Crippen LogP contribution is 2.27. The summed E-state index contributed by atoms with van der Waals surface area (Å²) in [6.07, 6.45) is 3.12. The van der Waals surface area contributed by atoms with Crippen LogP contribution in [0, 0.1) is 0 Å². The predicted molar refractivity (Wildman–Crippen MR) is 72.5 cm³/mol. The Morgan fingerprint density at radius 3 is 2.06 bits per heavy atom. The molecule has 102 valence electrons. The van der Waals surface area contributed by atoms with Crippen molar-refractivity contribution in [3.8, 4) is 17.2 Å². The molecule has 0 bridgehead atoms. The highest BCUT2D eigenvalue weighted by atomic mass is 16.5. The van der Waals surface area contributed by atoms with Crippen molar-refractivity contribution in [2.75, 3.05) is 20.8 Å². The van der Waals surface area contributed by atoms with E-state index in [1.165, 1.54) is 0 Å². The number of hydrogen-bond donors (Lipinski definition) is 1. The Kier molecular flexibility index (Phi) is 6.36. The predicted octanol–water partition coefficient (Wildman–Crippen LogP) is 2.60. The summed E-state index contributed by atoms with van der Waals surface area (Å²) in [4.78, 5) is 0. The molecule has 0 heterocycles.